The molecule has 0 amide bonds. The van der Waals surface area contributed by atoms with Crippen LogP contribution in [0.1, 0.15) is 44.2 Å². The number of benzene rings is 7. The van der Waals surface area contributed by atoms with Gasteiger partial charge in [-0.15, -0.1) is 53.6 Å². The smallest absolute Gasteiger partial charge is 0.135 e. The van der Waals surface area contributed by atoms with Crippen molar-refractivity contribution in [3.8, 4) is 17.3 Å². The molecule has 11 aromatic rings. The van der Waals surface area contributed by atoms with E-state index in [9.17, 15) is 0 Å². The minimum atomic E-state index is -2.66. The van der Waals surface area contributed by atoms with E-state index in [1.54, 1.807) is 18.2 Å². The molecule has 5 heterocycles. The van der Waals surface area contributed by atoms with Gasteiger partial charge < -0.3 is 28.2 Å². The third kappa shape index (κ3) is 5.93. The van der Waals surface area contributed by atoms with Gasteiger partial charge in [0.2, 0.25) is 0 Å². The van der Waals surface area contributed by atoms with E-state index in [-0.39, 0.29) is 32.0 Å². The molecule has 0 aliphatic carbocycles. The quantitative estimate of drug-likeness (QED) is 0.161. The van der Waals surface area contributed by atoms with Crippen molar-refractivity contribution < 1.29 is 38.1 Å². The van der Waals surface area contributed by atoms with E-state index in [4.69, 9.17) is 17.1 Å². The van der Waals surface area contributed by atoms with Gasteiger partial charge in [-0.3, -0.25) is 0 Å². The monoisotopic (exact) mass is 1010 g/mol. The summed E-state index contributed by atoms with van der Waals surface area (Å²) in [5.41, 5.74) is 6.34. The van der Waals surface area contributed by atoms with Crippen LogP contribution in [0.4, 0.5) is 22.7 Å². The molecule has 1 aliphatic rings. The van der Waals surface area contributed by atoms with Gasteiger partial charge in [0.15, 0.2) is 0 Å². The fraction of sp³-hybridized carbons (Fsp3) is 0.127. The summed E-state index contributed by atoms with van der Waals surface area (Å²) < 4.78 is 89.6. The van der Waals surface area contributed by atoms with Crippen LogP contribution in [0.25, 0.3) is 71.2 Å². The molecule has 12 rings (SSSR count). The van der Waals surface area contributed by atoms with E-state index in [2.05, 4.69) is 37.9 Å². The summed E-state index contributed by atoms with van der Waals surface area (Å²) in [7, 11) is 0. The van der Waals surface area contributed by atoms with Crippen LogP contribution < -0.4 is 14.5 Å². The number of rotatable bonds is 5. The number of hydrogen-bond acceptors (Lipinski definition) is 4. The Morgan fingerprint density at radius 2 is 1.22 bits per heavy atom. The Labute approximate surface area is 393 Å². The summed E-state index contributed by atoms with van der Waals surface area (Å²) in [5, 5.41) is 4.60. The number of fused-ring (bicyclic) bond motifs is 10. The van der Waals surface area contributed by atoms with E-state index in [1.807, 2.05) is 136 Å². The number of anilines is 4. The summed E-state index contributed by atoms with van der Waals surface area (Å²) in [4.78, 5) is 8.50. The maximum atomic E-state index is 8.98. The summed E-state index contributed by atoms with van der Waals surface area (Å²) in [5.74, 6) is 1.21. The first-order valence-corrected chi connectivity index (χ1v) is 20.5. The fourth-order valence-corrected chi connectivity index (χ4v) is 9.23. The van der Waals surface area contributed by atoms with E-state index < -0.39 is 20.8 Å². The van der Waals surface area contributed by atoms with E-state index in [1.165, 1.54) is 21.4 Å². The maximum absolute atomic E-state index is 8.98. The predicted molar refractivity (Wildman–Crippen MR) is 256 cm³/mol. The largest absolute Gasteiger partial charge is 0.509 e. The Morgan fingerprint density at radius 1 is 0.603 bits per heavy atom. The minimum absolute atomic E-state index is 0. The number of nitrogens with zero attached hydrogens (tertiary/aromatic N) is 6. The first-order chi connectivity index (χ1) is 33.8. The molecule has 7 aromatic carbocycles. The van der Waals surface area contributed by atoms with Gasteiger partial charge in [-0.05, 0) is 71.7 Å². The molecule has 1 aliphatic heterocycles. The molecule has 0 radical (unpaired) electrons. The Kier molecular flexibility index (Phi) is 6.90. The Morgan fingerprint density at radius 3 is 1.87 bits per heavy atom. The third-order valence-electron chi connectivity index (χ3n) is 12.1. The zero-order valence-corrected chi connectivity index (χ0v) is 36.6. The first kappa shape index (κ1) is 30.3. The second-order valence-electron chi connectivity index (χ2n) is 16.9. The van der Waals surface area contributed by atoms with Gasteiger partial charge in [-0.25, -0.2) is 4.98 Å². The van der Waals surface area contributed by atoms with Crippen LogP contribution in [0.15, 0.2) is 146 Å². The number of aromatic nitrogens is 4. The van der Waals surface area contributed by atoms with Crippen LogP contribution in [0.3, 0.4) is 0 Å². The molecule has 0 saturated carbocycles. The molecule has 0 atom stereocenters. The van der Waals surface area contributed by atoms with Crippen LogP contribution in [-0.4, -0.2) is 18.7 Å². The summed E-state index contributed by atoms with van der Waals surface area (Å²) in [6.07, 6.45) is 1.50. The fourth-order valence-electron chi connectivity index (χ4n) is 9.23. The molecule has 8 heteroatoms. The third-order valence-corrected chi connectivity index (χ3v) is 12.1. The number of aryl methyl sites for hydroxylation is 3. The second kappa shape index (κ2) is 14.4. The van der Waals surface area contributed by atoms with Gasteiger partial charge in [0.05, 0.1) is 16.7 Å². The average Bonchev–Trinajstić information content (AvgIpc) is 4.07. The van der Waals surface area contributed by atoms with Crippen molar-refractivity contribution in [1.29, 1.82) is 0 Å². The van der Waals surface area contributed by atoms with E-state index >= 15 is 0 Å². The Balaban J connectivity index is 0.00000560. The molecule has 0 spiro atoms. The first-order valence-electron chi connectivity index (χ1n) is 25.0. The van der Waals surface area contributed by atoms with Crippen molar-refractivity contribution in [2.75, 3.05) is 9.80 Å². The molecule has 0 bridgehead atoms. The minimum Gasteiger partial charge on any atom is -0.509 e. The molecule has 0 fully saturated rings. The van der Waals surface area contributed by atoms with Crippen molar-refractivity contribution in [2.45, 2.75) is 33.0 Å². The zero-order valence-electron chi connectivity index (χ0n) is 43.3. The van der Waals surface area contributed by atoms with Crippen molar-refractivity contribution in [3.63, 3.8) is 0 Å². The van der Waals surface area contributed by atoms with Gasteiger partial charge in [0.1, 0.15) is 5.82 Å². The summed E-state index contributed by atoms with van der Waals surface area (Å²) in [6.45, 7) is 0.555. The van der Waals surface area contributed by atoms with Gasteiger partial charge in [0, 0.05) is 115 Å². The molecule has 0 unspecified atom stereocenters. The van der Waals surface area contributed by atoms with Crippen LogP contribution in [0.2, 0.25) is 0 Å². The van der Waals surface area contributed by atoms with Crippen molar-refractivity contribution in [1.82, 2.24) is 18.7 Å². The van der Waals surface area contributed by atoms with Crippen LogP contribution in [-0.2, 0) is 40.4 Å². The van der Waals surface area contributed by atoms with E-state index in [0.29, 0.717) is 72.7 Å². The maximum Gasteiger partial charge on any atom is 0.135 e. The number of hydrogen-bond donors (Lipinski definition) is 0. The van der Waals surface area contributed by atoms with Gasteiger partial charge in [-0.2, -0.15) is 6.07 Å². The molecular weight excluding hydrogens is 956 g/mol. The summed E-state index contributed by atoms with van der Waals surface area (Å²) in [6, 6.07) is 50.2. The summed E-state index contributed by atoms with van der Waals surface area (Å²) >= 11 is 0. The van der Waals surface area contributed by atoms with E-state index in [0.717, 1.165) is 38.3 Å². The van der Waals surface area contributed by atoms with Crippen molar-refractivity contribution in [2.24, 2.45) is 14.0 Å². The molecule has 312 valence electrons. The predicted octanol–water partition coefficient (Wildman–Crippen LogP) is 13.9. The molecule has 0 N–H and O–H groups in total. The molecule has 4 aromatic heterocycles. The van der Waals surface area contributed by atoms with Crippen LogP contribution in [0.5, 0.6) is 11.5 Å². The normalized spacial score (nSPS) is 15.7. The molecule has 63 heavy (non-hydrogen) atoms. The zero-order chi connectivity index (χ0) is 49.5. The van der Waals surface area contributed by atoms with Gasteiger partial charge in [0.25, 0.3) is 0 Å². The van der Waals surface area contributed by atoms with Crippen LogP contribution in [0, 0.1) is 25.7 Å². The van der Waals surface area contributed by atoms with Crippen molar-refractivity contribution in [3.05, 3.63) is 176 Å². The van der Waals surface area contributed by atoms with Crippen LogP contribution >= 0.6 is 0 Å². The topological polar surface area (TPSA) is 43.4 Å². The van der Waals surface area contributed by atoms with Gasteiger partial charge >= 0.3 is 0 Å². The SMILES string of the molecule is [2H]C([2H])([2H])c1ccnc(-n2c3[c-]c(Oc4[c-]c(N5[CH-]N(c6c7c(cc8c9ccccc9n(C([2H])([2H])[2H])c68)c6ccccc6n7C([2H])([2H])[2H])c6ccccc65)cc(C(C)(C)C)c4)ccc3c3ccccc32)c1.[Pt]. The molecule has 7 nitrogen and oxygen atoms in total. The van der Waals surface area contributed by atoms with Gasteiger partial charge in [-0.1, -0.05) is 93.0 Å². The Hall–Kier alpha value is -6.82. The molecule has 0 saturated heterocycles. The number of para-hydroxylation sites is 5. The average molecular weight is 1010 g/mol. The molecular formula is C55H43N6OPt-3. The number of ether oxygens (including phenoxy) is 1. The number of pyridine rings is 1. The van der Waals surface area contributed by atoms with Crippen molar-refractivity contribution >= 4 is 88.2 Å². The Bertz CT molecular complexity index is 3890. The standard InChI is InChI=1S/C55H43N6O.Pt/c1-34-25-26-56-51(27-34)61-47-20-12-9-15-39(47)42-24-23-37(31-50(42)61)62-38-29-35(55(2,3)4)28-36(30-38)59-33-60(49-22-14-13-21-48(49)59)54-52-43(40-16-7-10-18-45(40)57(52)5)32-44-41-17-8-11-19-46(41)58(6)53(44)54;/h7-29,32-33H,1-6H3;/q-3;/i1D3,5D3,6D3;. The second-order valence-corrected chi connectivity index (χ2v) is 16.9.